The molecule has 1 aromatic carbocycles. The molecule has 0 aliphatic heterocycles. The lowest BCUT2D eigenvalue weighted by molar-refractivity contribution is 0.571. The Bertz CT molecular complexity index is 848. The summed E-state index contributed by atoms with van der Waals surface area (Å²) in [7, 11) is -1.92. The maximum absolute atomic E-state index is 11.0. The molecule has 0 saturated carbocycles. The molecule has 9 heteroatoms. The fourth-order valence-electron chi connectivity index (χ4n) is 1.40. The van der Waals surface area contributed by atoms with E-state index in [0.29, 0.717) is 30.8 Å². The summed E-state index contributed by atoms with van der Waals surface area (Å²) in [5.41, 5.74) is 0.388. The maximum atomic E-state index is 11.0. The minimum atomic E-state index is -1.92. The largest absolute Gasteiger partial charge is 0.245 e. The van der Waals surface area contributed by atoms with Crippen LogP contribution in [0.5, 0.6) is 0 Å². The van der Waals surface area contributed by atoms with Gasteiger partial charge in [-0.25, -0.2) is 19.1 Å². The highest BCUT2D eigenvalue weighted by Crippen LogP contribution is 2.42. The quantitative estimate of drug-likeness (QED) is 0.696. The SMILES string of the molecule is CS(C)(=C=O)=Nc1c(Cl)ccc(Sc2cnc(Cl)cn2)c1Cl. The van der Waals surface area contributed by atoms with Crippen LogP contribution in [-0.4, -0.2) is 27.7 Å². The lowest BCUT2D eigenvalue weighted by Crippen LogP contribution is -1.92. The molecule has 116 valence electrons. The molecule has 0 fully saturated rings. The van der Waals surface area contributed by atoms with Crippen molar-refractivity contribution in [3.05, 3.63) is 39.7 Å². The Morgan fingerprint density at radius 3 is 2.50 bits per heavy atom. The molecule has 0 aliphatic carbocycles. The smallest absolute Gasteiger partial charge is 0.166 e. The van der Waals surface area contributed by atoms with E-state index in [1.54, 1.807) is 30.8 Å². The molecule has 0 unspecified atom stereocenters. The van der Waals surface area contributed by atoms with Crippen LogP contribution in [0.2, 0.25) is 15.2 Å². The number of carbonyl (C=O) groups excluding carboxylic acids is 1. The first-order valence-corrected chi connectivity index (χ1v) is 10.2. The van der Waals surface area contributed by atoms with Crippen LogP contribution in [0.3, 0.4) is 0 Å². The molecular formula is C13H10Cl3N3OS2. The molecule has 2 aromatic rings. The lowest BCUT2D eigenvalue weighted by Gasteiger charge is -2.09. The predicted octanol–water partition coefficient (Wildman–Crippen LogP) is 4.88. The Labute approximate surface area is 147 Å². The molecular weight excluding hydrogens is 385 g/mol. The minimum absolute atomic E-state index is 0.314. The standard InChI is InChI=1S/C13H10Cl3N3OS2/c1-22(2,7-20)19-13-8(14)3-4-9(12(13)16)21-11-6-17-10(15)5-18-11/h3-6H,1-2H3. The molecule has 4 nitrogen and oxygen atoms in total. The Morgan fingerprint density at radius 1 is 1.18 bits per heavy atom. The van der Waals surface area contributed by atoms with Crippen molar-refractivity contribution in [1.29, 1.82) is 0 Å². The number of benzene rings is 1. The third kappa shape index (κ3) is 4.38. The second-order valence-corrected chi connectivity index (χ2v) is 9.56. The van der Waals surface area contributed by atoms with Crippen LogP contribution in [0.1, 0.15) is 0 Å². The van der Waals surface area contributed by atoms with Crippen LogP contribution in [0.15, 0.2) is 38.8 Å². The van der Waals surface area contributed by atoms with Gasteiger partial charge in [0, 0.05) is 4.90 Å². The second kappa shape index (κ2) is 7.21. The van der Waals surface area contributed by atoms with Crippen LogP contribution >= 0.6 is 46.6 Å². The Balaban J connectivity index is 2.50. The average Bonchev–Trinajstić information content (AvgIpc) is 2.49. The lowest BCUT2D eigenvalue weighted by atomic mass is 10.3. The Hall–Kier alpha value is -0.750. The molecule has 1 heterocycles. The predicted molar refractivity (Wildman–Crippen MR) is 94.6 cm³/mol. The zero-order valence-electron chi connectivity index (χ0n) is 11.5. The first-order valence-electron chi connectivity index (χ1n) is 5.81. The third-order valence-corrected chi connectivity index (χ3v) is 5.39. The van der Waals surface area contributed by atoms with Gasteiger partial charge in [0.15, 0.2) is 5.23 Å². The van der Waals surface area contributed by atoms with Gasteiger partial charge in [0.2, 0.25) is 0 Å². The van der Waals surface area contributed by atoms with Gasteiger partial charge in [0.05, 0.1) is 22.4 Å². The van der Waals surface area contributed by atoms with Gasteiger partial charge >= 0.3 is 0 Å². The number of aromatic nitrogens is 2. The van der Waals surface area contributed by atoms with Crippen LogP contribution in [0.4, 0.5) is 5.69 Å². The fourth-order valence-corrected chi connectivity index (χ4v) is 3.61. The first-order chi connectivity index (χ1) is 10.3. The van der Waals surface area contributed by atoms with Crippen LogP contribution in [0.25, 0.3) is 0 Å². The van der Waals surface area contributed by atoms with Crippen molar-refractivity contribution in [3.8, 4) is 0 Å². The highest BCUT2D eigenvalue weighted by molar-refractivity contribution is 8.01. The van der Waals surface area contributed by atoms with Gasteiger partial charge in [-0.3, -0.25) is 0 Å². The summed E-state index contributed by atoms with van der Waals surface area (Å²) in [6.45, 7) is 0. The normalized spacial score (nSPS) is 11.1. The summed E-state index contributed by atoms with van der Waals surface area (Å²) in [6, 6.07) is 3.44. The van der Waals surface area contributed by atoms with Crippen molar-refractivity contribution in [2.24, 2.45) is 4.36 Å². The Morgan fingerprint density at radius 2 is 1.91 bits per heavy atom. The van der Waals surface area contributed by atoms with Crippen LogP contribution in [0, 0.1) is 0 Å². The Kier molecular flexibility index (Phi) is 5.77. The van der Waals surface area contributed by atoms with Crippen LogP contribution in [-0.2, 0) is 14.2 Å². The zero-order valence-corrected chi connectivity index (χ0v) is 15.4. The monoisotopic (exact) mass is 393 g/mol. The van der Waals surface area contributed by atoms with Gasteiger partial charge in [-0.15, -0.1) is 0 Å². The molecule has 0 atom stereocenters. The van der Waals surface area contributed by atoms with Crippen molar-refractivity contribution >= 4 is 66.9 Å². The van der Waals surface area contributed by atoms with Gasteiger partial charge in [-0.05, 0) is 24.6 Å². The topological polar surface area (TPSA) is 55.2 Å². The third-order valence-electron chi connectivity index (χ3n) is 2.37. The van der Waals surface area contributed by atoms with Crippen molar-refractivity contribution < 1.29 is 4.79 Å². The highest BCUT2D eigenvalue weighted by atomic mass is 35.5. The van der Waals surface area contributed by atoms with E-state index >= 15 is 0 Å². The van der Waals surface area contributed by atoms with E-state index in [4.69, 9.17) is 34.8 Å². The van der Waals surface area contributed by atoms with E-state index in [-0.39, 0.29) is 0 Å². The van der Waals surface area contributed by atoms with E-state index in [0.717, 1.165) is 0 Å². The summed E-state index contributed by atoms with van der Waals surface area (Å²) in [6.07, 6.45) is 6.41. The van der Waals surface area contributed by atoms with Crippen molar-refractivity contribution in [1.82, 2.24) is 9.97 Å². The molecule has 0 amide bonds. The fraction of sp³-hybridized carbons (Fsp3) is 0.154. The van der Waals surface area contributed by atoms with E-state index < -0.39 is 9.41 Å². The molecule has 0 saturated heterocycles. The van der Waals surface area contributed by atoms with E-state index in [2.05, 4.69) is 14.3 Å². The average molecular weight is 395 g/mol. The number of halogens is 3. The van der Waals surface area contributed by atoms with Crippen molar-refractivity contribution in [2.45, 2.75) is 9.92 Å². The number of hydrogen-bond donors (Lipinski definition) is 0. The van der Waals surface area contributed by atoms with Gasteiger partial charge in [0.1, 0.15) is 15.9 Å². The molecule has 1 aromatic heterocycles. The van der Waals surface area contributed by atoms with Gasteiger partial charge in [-0.2, -0.15) is 0 Å². The van der Waals surface area contributed by atoms with Gasteiger partial charge in [-0.1, -0.05) is 56.0 Å². The van der Waals surface area contributed by atoms with E-state index in [1.807, 2.05) is 5.23 Å². The van der Waals surface area contributed by atoms with E-state index in [1.165, 1.54) is 18.0 Å². The van der Waals surface area contributed by atoms with Gasteiger partial charge < -0.3 is 0 Å². The summed E-state index contributed by atoms with van der Waals surface area (Å²) in [5, 5.41) is 3.62. The van der Waals surface area contributed by atoms with Crippen molar-refractivity contribution in [3.63, 3.8) is 0 Å². The summed E-state index contributed by atoms with van der Waals surface area (Å²) >= 11 is 19.5. The van der Waals surface area contributed by atoms with Gasteiger partial charge in [0.25, 0.3) is 0 Å². The molecule has 0 bridgehead atoms. The second-order valence-electron chi connectivity index (χ2n) is 4.44. The molecule has 2 rings (SSSR count). The maximum Gasteiger partial charge on any atom is 0.166 e. The summed E-state index contributed by atoms with van der Waals surface area (Å²) < 4.78 is 4.35. The molecule has 22 heavy (non-hydrogen) atoms. The zero-order chi connectivity index (χ0) is 16.3. The summed E-state index contributed by atoms with van der Waals surface area (Å²) in [4.78, 5) is 19.8. The molecule has 0 radical (unpaired) electrons. The number of rotatable bonds is 3. The van der Waals surface area contributed by atoms with Crippen molar-refractivity contribution in [2.75, 3.05) is 12.5 Å². The molecule has 0 aliphatic rings. The highest BCUT2D eigenvalue weighted by Gasteiger charge is 2.13. The number of hydrogen-bond acceptors (Lipinski definition) is 5. The number of nitrogens with zero attached hydrogens (tertiary/aromatic N) is 3. The molecule has 0 N–H and O–H groups in total. The first kappa shape index (κ1) is 17.6. The molecule has 0 spiro atoms. The summed E-state index contributed by atoms with van der Waals surface area (Å²) in [5.74, 6) is 0. The minimum Gasteiger partial charge on any atom is -0.245 e. The van der Waals surface area contributed by atoms with Crippen LogP contribution < -0.4 is 0 Å². The van der Waals surface area contributed by atoms with E-state index in [9.17, 15) is 4.79 Å².